The lowest BCUT2D eigenvalue weighted by Crippen LogP contribution is -2.21. The molecule has 9 heteroatoms. The van der Waals surface area contributed by atoms with Crippen LogP contribution in [0, 0.1) is 6.92 Å². The number of aromatic amines is 1. The van der Waals surface area contributed by atoms with Gasteiger partial charge in [-0.2, -0.15) is 0 Å². The summed E-state index contributed by atoms with van der Waals surface area (Å²) < 4.78 is 1.45. The maximum Gasteiger partial charge on any atom is 0.335 e. The van der Waals surface area contributed by atoms with Gasteiger partial charge in [-0.1, -0.05) is 64.4 Å². The second kappa shape index (κ2) is 17.0. The molecular weight excluding hydrogens is 554 g/mol. The summed E-state index contributed by atoms with van der Waals surface area (Å²) in [6, 6.07) is 17.2. The molecule has 1 aromatic heterocycles. The molecule has 0 amide bonds. The molecule has 2 aliphatic rings. The Labute approximate surface area is 259 Å². The van der Waals surface area contributed by atoms with E-state index in [4.69, 9.17) is 0 Å². The van der Waals surface area contributed by atoms with Crippen molar-refractivity contribution >= 4 is 17.3 Å². The molecular formula is C35H45N5O4. The third-order valence-corrected chi connectivity index (χ3v) is 7.28. The number of azo groups is 1. The number of carboxylic acid groups (broad SMARTS) is 1. The predicted molar refractivity (Wildman–Crippen MR) is 177 cm³/mol. The molecule has 0 saturated carbocycles. The Morgan fingerprint density at radius 3 is 2.20 bits per heavy atom. The number of para-hydroxylation sites is 1. The molecule has 0 atom stereocenters. The van der Waals surface area contributed by atoms with E-state index in [0.29, 0.717) is 16.8 Å². The minimum atomic E-state index is -1.06. The van der Waals surface area contributed by atoms with Crippen molar-refractivity contribution in [1.82, 2.24) is 15.1 Å². The van der Waals surface area contributed by atoms with Crippen LogP contribution in [0.3, 0.4) is 0 Å². The highest BCUT2D eigenvalue weighted by Gasteiger charge is 2.17. The average molecular weight is 600 g/mol. The van der Waals surface area contributed by atoms with E-state index in [1.807, 2.05) is 39.8 Å². The number of nitrogens with zero attached hydrogens (tertiary/aromatic N) is 3. The molecule has 1 saturated heterocycles. The molecule has 0 bridgehead atoms. The molecule has 3 aromatic carbocycles. The zero-order valence-corrected chi connectivity index (χ0v) is 26.5. The molecule has 1 aliphatic heterocycles. The minimum absolute atomic E-state index is 0.110. The average Bonchev–Trinajstić information content (AvgIpc) is 3.66. The van der Waals surface area contributed by atoms with Crippen LogP contribution in [0.5, 0.6) is 5.75 Å². The first-order chi connectivity index (χ1) is 21.4. The Kier molecular flexibility index (Phi) is 13.1. The molecule has 9 nitrogen and oxygen atoms in total. The van der Waals surface area contributed by atoms with Crippen LogP contribution in [0.15, 0.2) is 75.7 Å². The van der Waals surface area contributed by atoms with Crippen molar-refractivity contribution in [3.05, 3.63) is 93.4 Å². The fourth-order valence-electron chi connectivity index (χ4n) is 5.11. The summed E-state index contributed by atoms with van der Waals surface area (Å²) in [6.07, 6.45) is 7.42. The van der Waals surface area contributed by atoms with E-state index in [0.717, 1.165) is 24.9 Å². The van der Waals surface area contributed by atoms with E-state index in [9.17, 15) is 19.8 Å². The van der Waals surface area contributed by atoms with E-state index < -0.39 is 5.97 Å². The summed E-state index contributed by atoms with van der Waals surface area (Å²) in [5.74, 6) is -1.21. The monoisotopic (exact) mass is 599 g/mol. The molecule has 6 rings (SSSR count). The molecule has 2 heterocycles. The van der Waals surface area contributed by atoms with Crippen LogP contribution in [-0.4, -0.2) is 39.1 Å². The molecule has 234 valence electrons. The van der Waals surface area contributed by atoms with Crippen molar-refractivity contribution in [3.8, 4) is 22.6 Å². The van der Waals surface area contributed by atoms with Gasteiger partial charge in [-0.05, 0) is 99.1 Å². The van der Waals surface area contributed by atoms with Crippen molar-refractivity contribution in [2.45, 2.75) is 73.1 Å². The fraction of sp³-hybridized carbons (Fsp3) is 0.371. The molecule has 4 N–H and O–H groups in total. The van der Waals surface area contributed by atoms with Gasteiger partial charge in [0.2, 0.25) is 0 Å². The lowest BCUT2D eigenvalue weighted by Gasteiger charge is -2.08. The van der Waals surface area contributed by atoms with Gasteiger partial charge >= 0.3 is 5.97 Å². The number of aromatic hydroxyl groups is 1. The van der Waals surface area contributed by atoms with E-state index in [-0.39, 0.29) is 28.2 Å². The largest absolute Gasteiger partial charge is 0.505 e. The second-order valence-electron chi connectivity index (χ2n) is 10.1. The lowest BCUT2D eigenvalue weighted by atomic mass is 10.0. The number of hydrogen-bond donors (Lipinski definition) is 4. The Bertz CT molecular complexity index is 1600. The van der Waals surface area contributed by atoms with Gasteiger partial charge in [0.15, 0.2) is 11.4 Å². The zero-order chi connectivity index (χ0) is 32.1. The molecule has 0 radical (unpaired) electrons. The fourth-order valence-corrected chi connectivity index (χ4v) is 5.11. The summed E-state index contributed by atoms with van der Waals surface area (Å²) in [5.41, 5.74) is 4.94. The van der Waals surface area contributed by atoms with Crippen molar-refractivity contribution in [3.63, 3.8) is 0 Å². The minimum Gasteiger partial charge on any atom is -0.505 e. The summed E-state index contributed by atoms with van der Waals surface area (Å²) >= 11 is 0. The summed E-state index contributed by atoms with van der Waals surface area (Å²) in [4.78, 5) is 24.3. The van der Waals surface area contributed by atoms with Crippen LogP contribution in [-0.2, 0) is 12.8 Å². The topological polar surface area (TPSA) is 132 Å². The number of fused-ring (bicyclic) bond motifs is 1. The SMILES string of the molecule is C1CCNCC1.CC.CC.Cc1[nH]n(-c2ccc3c(c2)CCC3)c(=O)c1N=Nc1cccc(-c2cccc(C(=O)O)c2)c1O. The molecule has 0 spiro atoms. The van der Waals surface area contributed by atoms with Gasteiger partial charge in [0.1, 0.15) is 5.69 Å². The third kappa shape index (κ3) is 8.32. The number of piperidine rings is 1. The van der Waals surface area contributed by atoms with Crippen LogP contribution < -0.4 is 10.9 Å². The standard InChI is InChI=1S/C26H22N4O4.C5H11N.2C2H6/c1-15-23(25(32)30(29-15)20-12-11-16-5-2-6-17(16)14-20)28-27-22-10-4-9-21(24(22)31)18-7-3-8-19(13-18)26(33)34;1-2-4-6-5-3-1;2*1-2/h3-4,7-14,29,31H,2,5-6H2,1H3,(H,33,34);6H,1-5H2;2*1-2H3. The number of carbonyl (C=O) groups is 1. The molecule has 4 aromatic rings. The van der Waals surface area contributed by atoms with Crippen LogP contribution in [0.25, 0.3) is 16.8 Å². The highest BCUT2D eigenvalue weighted by molar-refractivity contribution is 5.90. The van der Waals surface area contributed by atoms with Gasteiger partial charge < -0.3 is 15.5 Å². The Morgan fingerprint density at radius 1 is 0.841 bits per heavy atom. The van der Waals surface area contributed by atoms with E-state index >= 15 is 0 Å². The van der Waals surface area contributed by atoms with Gasteiger partial charge in [0.05, 0.1) is 16.9 Å². The number of aryl methyl sites for hydroxylation is 3. The first-order valence-electron chi connectivity index (χ1n) is 15.6. The smallest absolute Gasteiger partial charge is 0.335 e. The van der Waals surface area contributed by atoms with E-state index in [1.165, 1.54) is 60.3 Å². The lowest BCUT2D eigenvalue weighted by molar-refractivity contribution is 0.0697. The Balaban J connectivity index is 0.000000461. The van der Waals surface area contributed by atoms with Crippen molar-refractivity contribution in [2.24, 2.45) is 10.2 Å². The first kappa shape index (κ1) is 34.0. The Morgan fingerprint density at radius 2 is 1.55 bits per heavy atom. The summed E-state index contributed by atoms with van der Waals surface area (Å²) in [7, 11) is 0. The molecule has 44 heavy (non-hydrogen) atoms. The number of phenolic OH excluding ortho intramolecular Hbond substituents is 1. The number of benzene rings is 3. The number of aromatic nitrogens is 2. The van der Waals surface area contributed by atoms with Crippen LogP contribution in [0.2, 0.25) is 0 Å². The van der Waals surface area contributed by atoms with Crippen LogP contribution in [0.1, 0.15) is 80.6 Å². The van der Waals surface area contributed by atoms with Crippen LogP contribution in [0.4, 0.5) is 11.4 Å². The normalized spacial score (nSPS) is 13.5. The number of nitrogens with one attached hydrogen (secondary N) is 2. The molecule has 1 fully saturated rings. The number of H-pyrrole nitrogens is 1. The number of phenols is 1. The van der Waals surface area contributed by atoms with Crippen molar-refractivity contribution in [2.75, 3.05) is 13.1 Å². The number of rotatable bonds is 5. The maximum atomic E-state index is 13.0. The van der Waals surface area contributed by atoms with Crippen molar-refractivity contribution < 1.29 is 15.0 Å². The maximum absolute atomic E-state index is 13.0. The quantitative estimate of drug-likeness (QED) is 0.171. The van der Waals surface area contributed by atoms with Crippen molar-refractivity contribution in [1.29, 1.82) is 0 Å². The van der Waals surface area contributed by atoms with Gasteiger partial charge in [-0.25, -0.2) is 9.48 Å². The molecule has 1 aliphatic carbocycles. The Hall–Kier alpha value is -4.50. The van der Waals surface area contributed by atoms with Gasteiger partial charge in [-0.3, -0.25) is 9.89 Å². The van der Waals surface area contributed by atoms with Gasteiger partial charge in [0, 0.05) is 5.56 Å². The van der Waals surface area contributed by atoms with E-state index in [2.05, 4.69) is 26.7 Å². The first-order valence-corrected chi connectivity index (χ1v) is 15.6. The van der Waals surface area contributed by atoms with Gasteiger partial charge in [0.25, 0.3) is 5.56 Å². The number of aromatic carboxylic acids is 1. The van der Waals surface area contributed by atoms with E-state index in [1.54, 1.807) is 37.3 Å². The van der Waals surface area contributed by atoms with Crippen LogP contribution >= 0.6 is 0 Å². The van der Waals surface area contributed by atoms with Gasteiger partial charge in [-0.15, -0.1) is 10.2 Å². The summed E-state index contributed by atoms with van der Waals surface area (Å²) in [6.45, 7) is 12.2. The second-order valence-corrected chi connectivity index (χ2v) is 10.1. The predicted octanol–water partition coefficient (Wildman–Crippen LogP) is 8.26. The zero-order valence-electron chi connectivity index (χ0n) is 26.5. The highest BCUT2D eigenvalue weighted by Crippen LogP contribution is 2.38. The molecule has 0 unspecified atom stereocenters. The number of carboxylic acids is 1. The third-order valence-electron chi connectivity index (χ3n) is 7.28. The highest BCUT2D eigenvalue weighted by atomic mass is 16.4. The number of hydrogen-bond acceptors (Lipinski definition) is 6. The summed E-state index contributed by atoms with van der Waals surface area (Å²) in [5, 5.41) is 34.6.